The van der Waals surface area contributed by atoms with Crippen molar-refractivity contribution < 1.29 is 4.52 Å². The summed E-state index contributed by atoms with van der Waals surface area (Å²) >= 11 is 0. The summed E-state index contributed by atoms with van der Waals surface area (Å²) in [7, 11) is 0. The molecule has 0 aliphatic carbocycles. The maximum absolute atomic E-state index is 5.65. The van der Waals surface area contributed by atoms with Crippen LogP contribution < -0.4 is 5.73 Å². The van der Waals surface area contributed by atoms with Gasteiger partial charge in [0, 0.05) is 30.4 Å². The summed E-state index contributed by atoms with van der Waals surface area (Å²) in [6, 6.07) is 12.1. The average molecular weight is 349 g/mol. The highest BCUT2D eigenvalue weighted by Crippen LogP contribution is 2.24. The molecule has 0 unspecified atom stereocenters. The maximum atomic E-state index is 5.65. The smallest absolute Gasteiger partial charge is 0.258 e. The molecule has 1 aromatic carbocycles. The normalized spacial score (nSPS) is 15.3. The van der Waals surface area contributed by atoms with Crippen molar-refractivity contribution in [1.29, 1.82) is 0 Å². The van der Waals surface area contributed by atoms with Crippen LogP contribution in [0.2, 0.25) is 0 Å². The van der Waals surface area contributed by atoms with Gasteiger partial charge in [-0.05, 0) is 49.7 Å². The first kappa shape index (κ1) is 16.9. The number of hydrogen-bond acceptors (Lipinski definition) is 6. The molecule has 1 saturated heterocycles. The van der Waals surface area contributed by atoms with Gasteiger partial charge >= 0.3 is 0 Å². The van der Waals surface area contributed by atoms with Gasteiger partial charge in [-0.25, -0.2) is 0 Å². The van der Waals surface area contributed by atoms with E-state index in [2.05, 4.69) is 38.2 Å². The Hall–Kier alpha value is -2.57. The van der Waals surface area contributed by atoms with Crippen molar-refractivity contribution in [3.63, 3.8) is 0 Å². The van der Waals surface area contributed by atoms with E-state index in [-0.39, 0.29) is 0 Å². The number of benzene rings is 1. The van der Waals surface area contributed by atoms with E-state index in [0.29, 0.717) is 18.3 Å². The summed E-state index contributed by atoms with van der Waals surface area (Å²) < 4.78 is 5.45. The highest BCUT2D eigenvalue weighted by molar-refractivity contribution is 5.60. The average Bonchev–Trinajstić information content (AvgIpc) is 3.19. The number of likely N-dealkylation sites (tertiary alicyclic amines) is 1. The lowest BCUT2D eigenvalue weighted by molar-refractivity contribution is 0.221. The van der Waals surface area contributed by atoms with Crippen LogP contribution in [0.15, 0.2) is 47.1 Å². The van der Waals surface area contributed by atoms with E-state index < -0.39 is 0 Å². The zero-order chi connectivity index (χ0) is 17.8. The first-order chi connectivity index (χ1) is 12.8. The van der Waals surface area contributed by atoms with Crippen molar-refractivity contribution in [1.82, 2.24) is 20.0 Å². The SMILES string of the molecule is NCc1cc(-c2nc(-c3cccc(CN4CCCCC4)c3)no2)ccn1. The van der Waals surface area contributed by atoms with Crippen molar-refractivity contribution >= 4 is 0 Å². The highest BCUT2D eigenvalue weighted by Gasteiger charge is 2.14. The zero-order valence-corrected chi connectivity index (χ0v) is 14.8. The molecule has 1 aliphatic heterocycles. The standard InChI is InChI=1S/C20H23N5O/c21-13-18-12-17(7-8-22-18)20-23-19(24-26-20)16-6-4-5-15(11-16)14-25-9-2-1-3-10-25/h4-8,11-12H,1-3,9-10,13-14,21H2. The van der Waals surface area contributed by atoms with E-state index in [1.165, 1.54) is 37.9 Å². The Morgan fingerprint density at radius 3 is 2.77 bits per heavy atom. The number of nitrogens with zero attached hydrogens (tertiary/aromatic N) is 4. The van der Waals surface area contributed by atoms with Gasteiger partial charge in [-0.3, -0.25) is 9.88 Å². The molecule has 0 atom stereocenters. The second-order valence-electron chi connectivity index (χ2n) is 6.70. The summed E-state index contributed by atoms with van der Waals surface area (Å²) in [5, 5.41) is 4.15. The van der Waals surface area contributed by atoms with Crippen LogP contribution in [-0.2, 0) is 13.1 Å². The Balaban J connectivity index is 1.54. The Morgan fingerprint density at radius 2 is 1.92 bits per heavy atom. The molecule has 26 heavy (non-hydrogen) atoms. The van der Waals surface area contributed by atoms with Gasteiger partial charge in [-0.2, -0.15) is 4.98 Å². The number of rotatable bonds is 5. The molecule has 3 aromatic rings. The summed E-state index contributed by atoms with van der Waals surface area (Å²) in [4.78, 5) is 11.3. The van der Waals surface area contributed by atoms with Crippen LogP contribution in [0, 0.1) is 0 Å². The second kappa shape index (κ2) is 7.76. The quantitative estimate of drug-likeness (QED) is 0.761. The molecule has 4 rings (SSSR count). The summed E-state index contributed by atoms with van der Waals surface area (Å²) in [5.74, 6) is 1.09. The van der Waals surface area contributed by atoms with Gasteiger partial charge in [0.15, 0.2) is 0 Å². The lowest BCUT2D eigenvalue weighted by atomic mass is 10.1. The van der Waals surface area contributed by atoms with E-state index in [0.717, 1.165) is 23.4 Å². The van der Waals surface area contributed by atoms with Crippen LogP contribution >= 0.6 is 0 Å². The van der Waals surface area contributed by atoms with E-state index in [1.807, 2.05) is 18.2 Å². The van der Waals surface area contributed by atoms with E-state index in [4.69, 9.17) is 10.3 Å². The van der Waals surface area contributed by atoms with Crippen LogP contribution in [-0.4, -0.2) is 33.1 Å². The van der Waals surface area contributed by atoms with Gasteiger partial charge in [-0.1, -0.05) is 29.8 Å². The molecule has 1 aliphatic rings. The number of hydrogen-bond donors (Lipinski definition) is 1. The number of nitrogens with two attached hydrogens (primary N) is 1. The van der Waals surface area contributed by atoms with Crippen LogP contribution in [0.1, 0.15) is 30.5 Å². The van der Waals surface area contributed by atoms with Gasteiger partial charge in [-0.15, -0.1) is 0 Å². The van der Waals surface area contributed by atoms with Crippen LogP contribution in [0.4, 0.5) is 0 Å². The molecule has 0 bridgehead atoms. The van der Waals surface area contributed by atoms with E-state index in [9.17, 15) is 0 Å². The molecule has 0 spiro atoms. The fourth-order valence-corrected chi connectivity index (χ4v) is 3.37. The van der Waals surface area contributed by atoms with Crippen molar-refractivity contribution in [3.05, 3.63) is 53.9 Å². The molecule has 0 amide bonds. The molecule has 134 valence electrons. The monoisotopic (exact) mass is 349 g/mol. The number of aromatic nitrogens is 3. The molecule has 6 nitrogen and oxygen atoms in total. The molecule has 2 aromatic heterocycles. The highest BCUT2D eigenvalue weighted by atomic mass is 16.5. The first-order valence-electron chi connectivity index (χ1n) is 9.12. The third-order valence-electron chi connectivity index (χ3n) is 4.74. The lowest BCUT2D eigenvalue weighted by Crippen LogP contribution is -2.29. The number of pyridine rings is 1. The van der Waals surface area contributed by atoms with Crippen LogP contribution in [0.3, 0.4) is 0 Å². The molecule has 2 N–H and O–H groups in total. The van der Waals surface area contributed by atoms with Gasteiger partial charge in [0.1, 0.15) is 0 Å². The Labute approximate surface area is 153 Å². The molecule has 0 saturated carbocycles. The molecule has 0 radical (unpaired) electrons. The predicted octanol–water partition coefficient (Wildman–Crippen LogP) is 3.24. The van der Waals surface area contributed by atoms with Crippen LogP contribution in [0.25, 0.3) is 22.8 Å². The zero-order valence-electron chi connectivity index (χ0n) is 14.8. The van der Waals surface area contributed by atoms with Crippen molar-refractivity contribution in [2.24, 2.45) is 5.73 Å². The van der Waals surface area contributed by atoms with Gasteiger partial charge < -0.3 is 10.3 Å². The largest absolute Gasteiger partial charge is 0.334 e. The van der Waals surface area contributed by atoms with Crippen molar-refractivity contribution in [2.75, 3.05) is 13.1 Å². The third kappa shape index (κ3) is 3.81. The minimum Gasteiger partial charge on any atom is -0.334 e. The lowest BCUT2D eigenvalue weighted by Gasteiger charge is -2.26. The van der Waals surface area contributed by atoms with Crippen molar-refractivity contribution in [3.8, 4) is 22.8 Å². The fraction of sp³-hybridized carbons (Fsp3) is 0.350. The fourth-order valence-electron chi connectivity index (χ4n) is 3.37. The minimum atomic E-state index is 0.382. The Morgan fingerprint density at radius 1 is 1.04 bits per heavy atom. The van der Waals surface area contributed by atoms with E-state index >= 15 is 0 Å². The maximum Gasteiger partial charge on any atom is 0.258 e. The van der Waals surface area contributed by atoms with Gasteiger partial charge in [0.2, 0.25) is 5.82 Å². The molecule has 3 heterocycles. The third-order valence-corrected chi connectivity index (χ3v) is 4.74. The Bertz CT molecular complexity index is 870. The van der Waals surface area contributed by atoms with Gasteiger partial charge in [0.05, 0.1) is 5.69 Å². The minimum absolute atomic E-state index is 0.382. The summed E-state index contributed by atoms with van der Waals surface area (Å²) in [5.41, 5.74) is 9.54. The first-order valence-corrected chi connectivity index (χ1v) is 9.12. The second-order valence-corrected chi connectivity index (χ2v) is 6.70. The molecule has 1 fully saturated rings. The summed E-state index contributed by atoms with van der Waals surface area (Å²) in [6.45, 7) is 3.72. The van der Waals surface area contributed by atoms with Crippen molar-refractivity contribution in [2.45, 2.75) is 32.4 Å². The summed E-state index contributed by atoms with van der Waals surface area (Å²) in [6.07, 6.45) is 5.65. The number of piperidine rings is 1. The van der Waals surface area contributed by atoms with E-state index in [1.54, 1.807) is 6.20 Å². The Kier molecular flexibility index (Phi) is 5.04. The van der Waals surface area contributed by atoms with Gasteiger partial charge in [0.25, 0.3) is 5.89 Å². The topological polar surface area (TPSA) is 81.1 Å². The molecular formula is C20H23N5O. The predicted molar refractivity (Wildman–Crippen MR) is 100.0 cm³/mol. The van der Waals surface area contributed by atoms with Crippen LogP contribution in [0.5, 0.6) is 0 Å². The molecular weight excluding hydrogens is 326 g/mol. The molecule has 6 heteroatoms.